The molecule has 0 amide bonds. The summed E-state index contributed by atoms with van der Waals surface area (Å²) >= 11 is 0. The Balaban J connectivity index is 1.60. The molecule has 0 spiro atoms. The van der Waals surface area contributed by atoms with E-state index in [9.17, 15) is 0 Å². The summed E-state index contributed by atoms with van der Waals surface area (Å²) in [7, 11) is 0. The quantitative estimate of drug-likeness (QED) is 0.722. The van der Waals surface area contributed by atoms with Gasteiger partial charge in [0.25, 0.3) is 0 Å². The molecule has 2 N–H and O–H groups in total. The smallest absolute Gasteiger partial charge is 0.0707 e. The van der Waals surface area contributed by atoms with Crippen LogP contribution < -0.4 is 5.73 Å². The third-order valence-electron chi connectivity index (χ3n) is 4.25. The van der Waals surface area contributed by atoms with Crippen LogP contribution in [0.25, 0.3) is 0 Å². The minimum absolute atomic E-state index is 0.323. The van der Waals surface area contributed by atoms with Crippen LogP contribution in [0.4, 0.5) is 0 Å². The Hall–Kier alpha value is -0.120. The van der Waals surface area contributed by atoms with Gasteiger partial charge in [-0.05, 0) is 44.2 Å². The van der Waals surface area contributed by atoms with Crippen molar-refractivity contribution in [2.24, 2.45) is 11.1 Å². The van der Waals surface area contributed by atoms with Crippen LogP contribution in [0.3, 0.4) is 0 Å². The van der Waals surface area contributed by atoms with Crippen LogP contribution in [0.5, 0.6) is 0 Å². The van der Waals surface area contributed by atoms with Gasteiger partial charge in [0.2, 0.25) is 0 Å². The van der Waals surface area contributed by atoms with Crippen molar-refractivity contribution in [1.82, 2.24) is 4.90 Å². The standard InChI is InChI=1S/C14H28N2O/c1-14(2,11-15)7-3-4-8-16-9-12-5-6-13(10-16)17-12/h12-13H,3-11,15H2,1-2H3. The average Bonchev–Trinajstić information content (AvgIpc) is 2.64. The second kappa shape index (κ2) is 5.68. The second-order valence-corrected chi connectivity index (χ2v) is 6.54. The first-order valence-electron chi connectivity index (χ1n) is 7.17. The molecule has 17 heavy (non-hydrogen) atoms. The van der Waals surface area contributed by atoms with Gasteiger partial charge < -0.3 is 10.5 Å². The molecule has 2 rings (SSSR count). The molecule has 2 fully saturated rings. The van der Waals surface area contributed by atoms with Gasteiger partial charge in [-0.15, -0.1) is 0 Å². The summed E-state index contributed by atoms with van der Waals surface area (Å²) in [5.74, 6) is 0. The van der Waals surface area contributed by atoms with E-state index in [-0.39, 0.29) is 0 Å². The van der Waals surface area contributed by atoms with Crippen LogP contribution in [0, 0.1) is 5.41 Å². The van der Waals surface area contributed by atoms with E-state index in [1.54, 1.807) is 0 Å². The fraction of sp³-hybridized carbons (Fsp3) is 1.00. The molecule has 0 radical (unpaired) electrons. The van der Waals surface area contributed by atoms with E-state index in [0.29, 0.717) is 17.6 Å². The lowest BCUT2D eigenvalue weighted by molar-refractivity contribution is -0.0386. The van der Waals surface area contributed by atoms with Crippen molar-refractivity contribution in [3.05, 3.63) is 0 Å². The summed E-state index contributed by atoms with van der Waals surface area (Å²) in [6, 6.07) is 0. The number of unbranched alkanes of at least 4 members (excludes halogenated alkanes) is 1. The first-order valence-corrected chi connectivity index (χ1v) is 7.17. The minimum Gasteiger partial charge on any atom is -0.372 e. The molecule has 3 heteroatoms. The van der Waals surface area contributed by atoms with E-state index in [1.807, 2.05) is 0 Å². The van der Waals surface area contributed by atoms with Gasteiger partial charge in [-0.2, -0.15) is 0 Å². The lowest BCUT2D eigenvalue weighted by atomic mass is 9.87. The predicted molar refractivity (Wildman–Crippen MR) is 71.0 cm³/mol. The van der Waals surface area contributed by atoms with Crippen molar-refractivity contribution in [2.75, 3.05) is 26.2 Å². The van der Waals surface area contributed by atoms with Crippen molar-refractivity contribution in [1.29, 1.82) is 0 Å². The topological polar surface area (TPSA) is 38.5 Å². The first kappa shape index (κ1) is 13.3. The largest absolute Gasteiger partial charge is 0.372 e. The maximum Gasteiger partial charge on any atom is 0.0707 e. The van der Waals surface area contributed by atoms with Gasteiger partial charge in [-0.1, -0.05) is 20.3 Å². The monoisotopic (exact) mass is 240 g/mol. The molecule has 0 aromatic heterocycles. The highest BCUT2D eigenvalue weighted by molar-refractivity contribution is 4.84. The third-order valence-corrected chi connectivity index (χ3v) is 4.25. The molecule has 3 nitrogen and oxygen atoms in total. The Labute approximate surface area is 106 Å². The molecular weight excluding hydrogens is 212 g/mol. The fourth-order valence-electron chi connectivity index (χ4n) is 2.92. The van der Waals surface area contributed by atoms with Crippen LogP contribution in [-0.2, 0) is 4.74 Å². The Bertz CT molecular complexity index is 230. The highest BCUT2D eigenvalue weighted by Crippen LogP contribution is 2.27. The first-order chi connectivity index (χ1) is 8.09. The number of rotatable bonds is 6. The van der Waals surface area contributed by atoms with Crippen LogP contribution in [0.1, 0.15) is 46.0 Å². The molecule has 0 saturated carbocycles. The maximum atomic E-state index is 5.85. The Morgan fingerprint density at radius 2 is 1.82 bits per heavy atom. The fourth-order valence-corrected chi connectivity index (χ4v) is 2.92. The molecular formula is C14H28N2O. The van der Waals surface area contributed by atoms with Crippen LogP contribution >= 0.6 is 0 Å². The Kier molecular flexibility index (Phi) is 4.45. The van der Waals surface area contributed by atoms with Gasteiger partial charge in [0.1, 0.15) is 0 Å². The van der Waals surface area contributed by atoms with E-state index in [4.69, 9.17) is 10.5 Å². The zero-order valence-corrected chi connectivity index (χ0v) is 11.5. The SMILES string of the molecule is CC(C)(CN)CCCCN1CC2CCC(C1)O2. The van der Waals surface area contributed by atoms with E-state index < -0.39 is 0 Å². The van der Waals surface area contributed by atoms with E-state index in [1.165, 1.54) is 38.6 Å². The Morgan fingerprint density at radius 1 is 1.18 bits per heavy atom. The number of hydrogen-bond donors (Lipinski definition) is 1. The normalized spacial score (nSPS) is 29.8. The molecule has 2 bridgehead atoms. The van der Waals surface area contributed by atoms with Crippen molar-refractivity contribution in [2.45, 2.75) is 58.2 Å². The highest BCUT2D eigenvalue weighted by Gasteiger charge is 2.33. The Morgan fingerprint density at radius 3 is 2.41 bits per heavy atom. The molecule has 2 aliphatic rings. The zero-order valence-electron chi connectivity index (χ0n) is 11.5. The number of hydrogen-bond acceptors (Lipinski definition) is 3. The molecule has 2 unspecified atom stereocenters. The predicted octanol–water partition coefficient (Wildman–Crippen LogP) is 2.00. The lowest BCUT2D eigenvalue weighted by Gasteiger charge is -2.32. The van der Waals surface area contributed by atoms with Gasteiger partial charge in [0, 0.05) is 13.1 Å². The van der Waals surface area contributed by atoms with Gasteiger partial charge >= 0.3 is 0 Å². The third kappa shape index (κ3) is 3.94. The van der Waals surface area contributed by atoms with E-state index in [2.05, 4.69) is 18.7 Å². The molecule has 2 saturated heterocycles. The van der Waals surface area contributed by atoms with Gasteiger partial charge in [0.15, 0.2) is 0 Å². The van der Waals surface area contributed by atoms with Crippen LogP contribution in [0.2, 0.25) is 0 Å². The van der Waals surface area contributed by atoms with E-state index >= 15 is 0 Å². The molecule has 2 atom stereocenters. The summed E-state index contributed by atoms with van der Waals surface area (Å²) in [4.78, 5) is 2.60. The molecule has 0 aromatic rings. The number of ether oxygens (including phenoxy) is 1. The number of nitrogens with zero attached hydrogens (tertiary/aromatic N) is 1. The molecule has 0 aromatic carbocycles. The number of likely N-dealkylation sites (tertiary alicyclic amines) is 1. The van der Waals surface area contributed by atoms with E-state index in [0.717, 1.165) is 19.6 Å². The lowest BCUT2D eigenvalue weighted by Crippen LogP contribution is -2.42. The number of nitrogens with two attached hydrogens (primary N) is 1. The van der Waals surface area contributed by atoms with Crippen LogP contribution in [0.15, 0.2) is 0 Å². The summed E-state index contributed by atoms with van der Waals surface area (Å²) in [6.07, 6.45) is 7.49. The zero-order chi connectivity index (χ0) is 12.3. The van der Waals surface area contributed by atoms with Gasteiger partial charge in [0.05, 0.1) is 12.2 Å². The van der Waals surface area contributed by atoms with Crippen LogP contribution in [-0.4, -0.2) is 43.3 Å². The highest BCUT2D eigenvalue weighted by atomic mass is 16.5. The molecule has 2 aliphatic heterocycles. The summed E-state index contributed by atoms with van der Waals surface area (Å²) < 4.78 is 5.85. The number of morpholine rings is 1. The summed E-state index contributed by atoms with van der Waals surface area (Å²) in [5, 5.41) is 0. The minimum atomic E-state index is 0.323. The summed E-state index contributed by atoms with van der Waals surface area (Å²) in [6.45, 7) is 8.91. The molecule has 0 aliphatic carbocycles. The average molecular weight is 240 g/mol. The molecule has 2 heterocycles. The van der Waals surface area contributed by atoms with Crippen molar-refractivity contribution < 1.29 is 4.74 Å². The second-order valence-electron chi connectivity index (χ2n) is 6.54. The molecule has 100 valence electrons. The van der Waals surface area contributed by atoms with Crippen molar-refractivity contribution in [3.8, 4) is 0 Å². The number of fused-ring (bicyclic) bond motifs is 2. The maximum absolute atomic E-state index is 5.85. The van der Waals surface area contributed by atoms with Crippen molar-refractivity contribution >= 4 is 0 Å². The van der Waals surface area contributed by atoms with Gasteiger partial charge in [-0.25, -0.2) is 0 Å². The van der Waals surface area contributed by atoms with Gasteiger partial charge in [-0.3, -0.25) is 4.90 Å². The summed E-state index contributed by atoms with van der Waals surface area (Å²) in [5.41, 5.74) is 6.07. The van der Waals surface area contributed by atoms with Crippen molar-refractivity contribution in [3.63, 3.8) is 0 Å².